The molecule has 0 spiro atoms. The highest BCUT2D eigenvalue weighted by Crippen LogP contribution is 2.20. The number of rotatable bonds is 4. The lowest BCUT2D eigenvalue weighted by atomic mass is 9.92. The van der Waals surface area contributed by atoms with E-state index in [1.165, 1.54) is 18.9 Å². The van der Waals surface area contributed by atoms with E-state index in [0.717, 1.165) is 35.7 Å². The molecule has 4 heteroatoms. The van der Waals surface area contributed by atoms with Gasteiger partial charge in [0.2, 0.25) is 0 Å². The normalized spacial score (nSPS) is 16.9. The van der Waals surface area contributed by atoms with Crippen LogP contribution in [0.3, 0.4) is 0 Å². The Bertz CT molecular complexity index is 614. The van der Waals surface area contributed by atoms with E-state index in [9.17, 15) is 4.39 Å². The van der Waals surface area contributed by atoms with E-state index in [0.29, 0.717) is 12.5 Å². The lowest BCUT2D eigenvalue weighted by molar-refractivity contribution is 0.332. The van der Waals surface area contributed by atoms with Crippen LogP contribution < -0.4 is 10.1 Å². The van der Waals surface area contributed by atoms with Crippen molar-refractivity contribution in [2.24, 2.45) is 5.92 Å². The van der Waals surface area contributed by atoms with Crippen LogP contribution >= 0.6 is 12.6 Å². The Balaban J connectivity index is 0.000000185. The van der Waals surface area contributed by atoms with Crippen molar-refractivity contribution in [1.29, 1.82) is 0 Å². The van der Waals surface area contributed by atoms with Gasteiger partial charge in [0.1, 0.15) is 11.6 Å². The number of nitrogens with one attached hydrogen (secondary N) is 1. The van der Waals surface area contributed by atoms with Gasteiger partial charge in [0, 0.05) is 4.90 Å². The maximum absolute atomic E-state index is 12.9. The van der Waals surface area contributed by atoms with Crippen molar-refractivity contribution in [3.05, 3.63) is 59.9 Å². The fraction of sp³-hybridized carbons (Fsp3) is 0.400. The summed E-state index contributed by atoms with van der Waals surface area (Å²) >= 11 is 4.21. The summed E-state index contributed by atoms with van der Waals surface area (Å²) < 4.78 is 18.2. The number of ether oxygens (including phenoxy) is 1. The van der Waals surface area contributed by atoms with Crippen LogP contribution in [0.2, 0.25) is 0 Å². The van der Waals surface area contributed by atoms with Crippen molar-refractivity contribution in [3.8, 4) is 5.75 Å². The second-order valence-corrected chi connectivity index (χ2v) is 6.43. The van der Waals surface area contributed by atoms with E-state index < -0.39 is 0 Å². The third kappa shape index (κ3) is 6.54. The lowest BCUT2D eigenvalue weighted by Gasteiger charge is -2.22. The molecule has 0 radical (unpaired) electrons. The number of hydrogen-bond acceptors (Lipinski definition) is 3. The van der Waals surface area contributed by atoms with Gasteiger partial charge in [-0.2, -0.15) is 0 Å². The molecule has 0 saturated carbocycles. The molecule has 24 heavy (non-hydrogen) atoms. The van der Waals surface area contributed by atoms with E-state index >= 15 is 0 Å². The topological polar surface area (TPSA) is 21.3 Å². The minimum absolute atomic E-state index is 0.119. The second kappa shape index (κ2) is 10.4. The SMILES string of the molecule is CCOc1ccccc1S.Fc1cccc(CC2CCCNC2)c1. The van der Waals surface area contributed by atoms with Gasteiger partial charge in [-0.25, -0.2) is 4.39 Å². The number of thiol groups is 1. The molecule has 1 N–H and O–H groups in total. The molecule has 1 aliphatic rings. The second-order valence-electron chi connectivity index (χ2n) is 5.95. The van der Waals surface area contributed by atoms with Crippen LogP contribution in [0.4, 0.5) is 4.39 Å². The summed E-state index contributed by atoms with van der Waals surface area (Å²) in [5.74, 6) is 1.42. The van der Waals surface area contributed by atoms with Crippen molar-refractivity contribution in [1.82, 2.24) is 5.32 Å². The van der Waals surface area contributed by atoms with Gasteiger partial charge >= 0.3 is 0 Å². The molecule has 2 aromatic carbocycles. The first-order chi connectivity index (χ1) is 11.7. The quantitative estimate of drug-likeness (QED) is 0.780. The molecular weight excluding hydrogens is 321 g/mol. The van der Waals surface area contributed by atoms with Crippen LogP contribution in [0.15, 0.2) is 53.4 Å². The largest absolute Gasteiger partial charge is 0.493 e. The monoisotopic (exact) mass is 347 g/mol. The summed E-state index contributed by atoms with van der Waals surface area (Å²) in [6.45, 7) is 4.87. The Kier molecular flexibility index (Phi) is 8.13. The zero-order valence-electron chi connectivity index (χ0n) is 14.2. The number of benzene rings is 2. The summed E-state index contributed by atoms with van der Waals surface area (Å²) in [5, 5.41) is 3.38. The number of hydrogen-bond donors (Lipinski definition) is 2. The number of halogens is 1. The molecule has 0 bridgehead atoms. The molecule has 0 amide bonds. The molecule has 1 atom stereocenters. The third-order valence-corrected chi connectivity index (χ3v) is 4.35. The van der Waals surface area contributed by atoms with Crippen molar-refractivity contribution in [2.45, 2.75) is 31.1 Å². The van der Waals surface area contributed by atoms with Gasteiger partial charge in [-0.1, -0.05) is 24.3 Å². The van der Waals surface area contributed by atoms with E-state index in [4.69, 9.17) is 4.74 Å². The Morgan fingerprint density at radius 3 is 2.71 bits per heavy atom. The molecule has 1 saturated heterocycles. The molecule has 2 aromatic rings. The van der Waals surface area contributed by atoms with E-state index in [1.54, 1.807) is 12.1 Å². The minimum Gasteiger partial charge on any atom is -0.493 e. The fourth-order valence-electron chi connectivity index (χ4n) is 2.83. The van der Waals surface area contributed by atoms with Crippen LogP contribution in [-0.2, 0) is 6.42 Å². The van der Waals surface area contributed by atoms with Crippen molar-refractivity contribution in [2.75, 3.05) is 19.7 Å². The number of piperidine rings is 1. The van der Waals surface area contributed by atoms with E-state index in [-0.39, 0.29) is 5.82 Å². The van der Waals surface area contributed by atoms with Crippen molar-refractivity contribution >= 4 is 12.6 Å². The highest BCUT2D eigenvalue weighted by Gasteiger charge is 2.13. The minimum atomic E-state index is -0.119. The van der Waals surface area contributed by atoms with Crippen molar-refractivity contribution < 1.29 is 9.13 Å². The maximum Gasteiger partial charge on any atom is 0.132 e. The summed E-state index contributed by atoms with van der Waals surface area (Å²) in [5.41, 5.74) is 1.12. The zero-order chi connectivity index (χ0) is 17.2. The first-order valence-corrected chi connectivity index (χ1v) is 8.99. The average molecular weight is 347 g/mol. The molecule has 0 aliphatic carbocycles. The van der Waals surface area contributed by atoms with Gasteiger partial charge in [-0.05, 0) is 75.0 Å². The Hall–Kier alpha value is -1.52. The first kappa shape index (κ1) is 18.8. The molecule has 1 fully saturated rings. The van der Waals surface area contributed by atoms with Crippen LogP contribution in [0.25, 0.3) is 0 Å². The van der Waals surface area contributed by atoms with Gasteiger partial charge in [-0.3, -0.25) is 0 Å². The van der Waals surface area contributed by atoms with Crippen LogP contribution in [0, 0.1) is 11.7 Å². The number of para-hydroxylation sites is 1. The van der Waals surface area contributed by atoms with Crippen molar-refractivity contribution in [3.63, 3.8) is 0 Å². The van der Waals surface area contributed by atoms with Gasteiger partial charge in [-0.15, -0.1) is 12.6 Å². The summed E-state index contributed by atoms with van der Waals surface area (Å²) in [6.07, 6.45) is 3.52. The zero-order valence-corrected chi connectivity index (χ0v) is 15.1. The van der Waals surface area contributed by atoms with Gasteiger partial charge < -0.3 is 10.1 Å². The summed E-state index contributed by atoms with van der Waals surface area (Å²) in [6, 6.07) is 14.6. The van der Waals surface area contributed by atoms with E-state index in [1.807, 2.05) is 37.3 Å². The van der Waals surface area contributed by atoms with Gasteiger partial charge in [0.25, 0.3) is 0 Å². The third-order valence-electron chi connectivity index (χ3n) is 3.98. The molecule has 1 heterocycles. The van der Waals surface area contributed by atoms with Crippen LogP contribution in [0.5, 0.6) is 5.75 Å². The summed E-state index contributed by atoms with van der Waals surface area (Å²) in [7, 11) is 0. The highest BCUT2D eigenvalue weighted by molar-refractivity contribution is 7.80. The first-order valence-electron chi connectivity index (χ1n) is 8.55. The van der Waals surface area contributed by atoms with Gasteiger partial charge in [0.15, 0.2) is 0 Å². The molecular formula is C20H26FNOS. The molecule has 130 valence electrons. The lowest BCUT2D eigenvalue weighted by Crippen LogP contribution is -2.30. The average Bonchev–Trinajstić information content (AvgIpc) is 2.59. The molecule has 2 nitrogen and oxygen atoms in total. The fourth-order valence-corrected chi connectivity index (χ4v) is 3.06. The smallest absolute Gasteiger partial charge is 0.132 e. The Labute approximate surface area is 149 Å². The van der Waals surface area contributed by atoms with E-state index in [2.05, 4.69) is 17.9 Å². The molecule has 1 unspecified atom stereocenters. The highest BCUT2D eigenvalue weighted by atomic mass is 32.1. The Morgan fingerprint density at radius 2 is 2.04 bits per heavy atom. The molecule has 0 aromatic heterocycles. The standard InChI is InChI=1S/C12H16FN.C8H10OS/c13-12-5-1-3-10(8-12)7-11-4-2-6-14-9-11;1-2-9-7-5-3-4-6-8(7)10/h1,3,5,8,11,14H,2,4,6-7,9H2;3-6,10H,2H2,1H3. The predicted octanol–water partition coefficient (Wildman–Crippen LogP) is 4.74. The molecule has 1 aliphatic heterocycles. The van der Waals surface area contributed by atoms with Crippen LogP contribution in [0.1, 0.15) is 25.3 Å². The summed E-state index contributed by atoms with van der Waals surface area (Å²) in [4.78, 5) is 0.893. The predicted molar refractivity (Wildman–Crippen MR) is 101 cm³/mol. The molecule has 3 rings (SSSR count). The Morgan fingerprint density at radius 1 is 1.21 bits per heavy atom. The maximum atomic E-state index is 12.9. The van der Waals surface area contributed by atoms with Gasteiger partial charge in [0.05, 0.1) is 6.61 Å². The van der Waals surface area contributed by atoms with Crippen LogP contribution in [-0.4, -0.2) is 19.7 Å².